The summed E-state index contributed by atoms with van der Waals surface area (Å²) >= 11 is 0. The van der Waals surface area contributed by atoms with Crippen LogP contribution in [-0.4, -0.2) is 19.5 Å². The van der Waals surface area contributed by atoms with Gasteiger partial charge in [0.05, 0.1) is 16.6 Å². The first-order chi connectivity index (χ1) is 30.7. The first-order valence-corrected chi connectivity index (χ1v) is 20.8. The molecule has 12 aromatic rings. The van der Waals surface area contributed by atoms with Gasteiger partial charge in [0.15, 0.2) is 17.5 Å². The molecule has 0 radical (unpaired) electrons. The quantitative estimate of drug-likeness (QED) is 0.161. The summed E-state index contributed by atoms with van der Waals surface area (Å²) in [5.41, 5.74) is 14.6. The molecule has 5 nitrogen and oxygen atoms in total. The van der Waals surface area contributed by atoms with Crippen molar-refractivity contribution in [1.29, 1.82) is 0 Å². The van der Waals surface area contributed by atoms with Crippen LogP contribution in [0.25, 0.3) is 117 Å². The SMILES string of the molecule is c1ccc(-c2cc(-c3ccccc3)cc(-n3c4ccccc4c4cc(-c5ccc6oc7c(-c8nc(-c9ccccc9)nc(-c9ccccc9)n8)cccc7c6c5)ccc43)c2)cc1. The third-order valence-electron chi connectivity index (χ3n) is 11.8. The highest BCUT2D eigenvalue weighted by Crippen LogP contribution is 2.41. The van der Waals surface area contributed by atoms with E-state index in [0.29, 0.717) is 17.5 Å². The van der Waals surface area contributed by atoms with Gasteiger partial charge < -0.3 is 8.98 Å². The Hall–Kier alpha value is -8.41. The van der Waals surface area contributed by atoms with Crippen molar-refractivity contribution in [2.24, 2.45) is 0 Å². The van der Waals surface area contributed by atoms with Gasteiger partial charge in [0.1, 0.15) is 11.2 Å². The van der Waals surface area contributed by atoms with Crippen molar-refractivity contribution in [1.82, 2.24) is 19.5 Å². The van der Waals surface area contributed by atoms with Crippen molar-refractivity contribution < 1.29 is 4.42 Å². The number of hydrogen-bond donors (Lipinski definition) is 0. The lowest BCUT2D eigenvalue weighted by Gasteiger charge is -2.14. The zero-order chi connectivity index (χ0) is 41.0. The molecule has 0 unspecified atom stereocenters. The van der Waals surface area contributed by atoms with Crippen molar-refractivity contribution in [3.63, 3.8) is 0 Å². The van der Waals surface area contributed by atoms with Crippen molar-refractivity contribution >= 4 is 43.7 Å². The summed E-state index contributed by atoms with van der Waals surface area (Å²) in [6.45, 7) is 0. The molecule has 0 aliphatic heterocycles. The molecular weight excluding hydrogens is 757 g/mol. The maximum Gasteiger partial charge on any atom is 0.167 e. The predicted octanol–water partition coefficient (Wildman–Crippen LogP) is 14.9. The molecule has 0 saturated carbocycles. The summed E-state index contributed by atoms with van der Waals surface area (Å²) < 4.78 is 9.09. The summed E-state index contributed by atoms with van der Waals surface area (Å²) in [5, 5.41) is 4.45. The maximum absolute atomic E-state index is 6.68. The Bertz CT molecular complexity index is 3500. The van der Waals surface area contributed by atoms with Crippen LogP contribution in [0.5, 0.6) is 0 Å². The van der Waals surface area contributed by atoms with E-state index >= 15 is 0 Å². The Morgan fingerprint density at radius 3 is 1.44 bits per heavy atom. The highest BCUT2D eigenvalue weighted by atomic mass is 16.3. The van der Waals surface area contributed by atoms with Gasteiger partial charge in [0.2, 0.25) is 0 Å². The number of hydrogen-bond acceptors (Lipinski definition) is 4. The maximum atomic E-state index is 6.68. The Morgan fingerprint density at radius 1 is 0.306 bits per heavy atom. The van der Waals surface area contributed by atoms with Gasteiger partial charge >= 0.3 is 0 Å². The van der Waals surface area contributed by atoms with Crippen molar-refractivity contribution in [3.05, 3.63) is 218 Å². The molecule has 3 heterocycles. The zero-order valence-electron chi connectivity index (χ0n) is 33.5. The number of benzene rings is 9. The molecule has 0 amide bonds. The number of fused-ring (bicyclic) bond motifs is 6. The van der Waals surface area contributed by atoms with Gasteiger partial charge in [-0.15, -0.1) is 0 Å². The second-order valence-electron chi connectivity index (χ2n) is 15.6. The van der Waals surface area contributed by atoms with E-state index in [1.165, 1.54) is 33.0 Å². The summed E-state index contributed by atoms with van der Waals surface area (Å²) in [6, 6.07) is 76.6. The highest BCUT2D eigenvalue weighted by Gasteiger charge is 2.20. The van der Waals surface area contributed by atoms with Crippen molar-refractivity contribution in [3.8, 4) is 73.2 Å². The van der Waals surface area contributed by atoms with Crippen molar-refractivity contribution in [2.75, 3.05) is 0 Å². The summed E-state index contributed by atoms with van der Waals surface area (Å²) in [5.74, 6) is 1.79. The topological polar surface area (TPSA) is 56.7 Å². The fourth-order valence-electron chi connectivity index (χ4n) is 8.85. The lowest BCUT2D eigenvalue weighted by Crippen LogP contribution is -2.00. The van der Waals surface area contributed by atoms with Gasteiger partial charge in [0.25, 0.3) is 0 Å². The molecular formula is C57H36N4O. The molecule has 62 heavy (non-hydrogen) atoms. The van der Waals surface area contributed by atoms with Crippen LogP contribution in [0.4, 0.5) is 0 Å². The standard InChI is InChI=1S/C57H36N4O/c1-5-16-37(17-6-1)43-32-44(38-18-7-2-8-19-38)34-45(33-43)61-51-27-14-13-24-46(51)49-35-41(28-30-52(49)61)42-29-31-53-50(36-42)47-25-15-26-48(54(47)62-53)57-59-55(39-20-9-3-10-21-39)58-56(60-57)40-22-11-4-12-23-40/h1-36H. The van der Waals surface area contributed by atoms with Gasteiger partial charge in [-0.05, 0) is 88.0 Å². The molecule has 0 atom stereocenters. The number of nitrogens with zero attached hydrogens (tertiary/aromatic N) is 4. The van der Waals surface area contributed by atoms with Gasteiger partial charge in [-0.25, -0.2) is 15.0 Å². The van der Waals surface area contributed by atoms with Crippen LogP contribution in [0, 0.1) is 0 Å². The Kier molecular flexibility index (Phi) is 8.42. The molecule has 5 heteroatoms. The highest BCUT2D eigenvalue weighted by molar-refractivity contribution is 6.12. The number of furan rings is 1. The zero-order valence-corrected chi connectivity index (χ0v) is 33.5. The number of aromatic nitrogens is 4. The van der Waals surface area contributed by atoms with Crippen LogP contribution >= 0.6 is 0 Å². The molecule has 0 aliphatic carbocycles. The fraction of sp³-hybridized carbons (Fsp3) is 0. The van der Waals surface area contributed by atoms with Gasteiger partial charge in [-0.1, -0.05) is 164 Å². The van der Waals surface area contributed by atoms with Crippen LogP contribution in [0.2, 0.25) is 0 Å². The van der Waals surface area contributed by atoms with Crippen LogP contribution in [-0.2, 0) is 0 Å². The van der Waals surface area contributed by atoms with Gasteiger partial charge in [-0.2, -0.15) is 0 Å². The van der Waals surface area contributed by atoms with E-state index in [1.807, 2.05) is 66.7 Å². The predicted molar refractivity (Wildman–Crippen MR) is 254 cm³/mol. The largest absolute Gasteiger partial charge is 0.455 e. The lowest BCUT2D eigenvalue weighted by molar-refractivity contribution is 0.669. The fourth-order valence-corrected chi connectivity index (χ4v) is 8.85. The normalized spacial score (nSPS) is 11.5. The number of rotatable bonds is 7. The summed E-state index contributed by atoms with van der Waals surface area (Å²) in [4.78, 5) is 14.9. The smallest absolute Gasteiger partial charge is 0.167 e. The van der Waals surface area contributed by atoms with Gasteiger partial charge in [-0.3, -0.25) is 0 Å². The van der Waals surface area contributed by atoms with Crippen LogP contribution in [0.3, 0.4) is 0 Å². The molecule has 0 saturated heterocycles. The second-order valence-corrected chi connectivity index (χ2v) is 15.6. The third kappa shape index (κ3) is 6.14. The van der Waals surface area contributed by atoms with Crippen LogP contribution in [0.1, 0.15) is 0 Å². The monoisotopic (exact) mass is 792 g/mol. The third-order valence-corrected chi connectivity index (χ3v) is 11.8. The van der Waals surface area contributed by atoms with E-state index < -0.39 is 0 Å². The van der Waals surface area contributed by atoms with Crippen molar-refractivity contribution in [2.45, 2.75) is 0 Å². The Balaban J connectivity index is 0.989. The van der Waals surface area contributed by atoms with Crippen LogP contribution in [0.15, 0.2) is 223 Å². The van der Waals surface area contributed by atoms with E-state index in [0.717, 1.165) is 66.5 Å². The molecule has 0 fully saturated rings. The second kappa shape index (κ2) is 14.7. The van der Waals surface area contributed by atoms with E-state index in [-0.39, 0.29) is 0 Å². The van der Waals surface area contributed by atoms with Gasteiger partial charge in [0, 0.05) is 38.4 Å². The molecule has 0 bridgehead atoms. The minimum atomic E-state index is 0.564. The molecule has 9 aromatic carbocycles. The Morgan fingerprint density at radius 2 is 0.806 bits per heavy atom. The lowest BCUT2D eigenvalue weighted by atomic mass is 9.98. The molecule has 12 rings (SSSR count). The summed E-state index contributed by atoms with van der Waals surface area (Å²) in [6.07, 6.45) is 0. The molecule has 0 aliphatic rings. The molecule has 290 valence electrons. The molecule has 0 N–H and O–H groups in total. The first kappa shape index (κ1) is 35.5. The average molecular weight is 793 g/mol. The number of para-hydroxylation sites is 2. The van der Waals surface area contributed by atoms with E-state index in [1.54, 1.807) is 0 Å². The van der Waals surface area contributed by atoms with E-state index in [9.17, 15) is 0 Å². The minimum Gasteiger partial charge on any atom is -0.455 e. The van der Waals surface area contributed by atoms with E-state index in [2.05, 4.69) is 156 Å². The minimum absolute atomic E-state index is 0.564. The first-order valence-electron chi connectivity index (χ1n) is 20.8. The molecule has 3 aromatic heterocycles. The summed E-state index contributed by atoms with van der Waals surface area (Å²) in [7, 11) is 0. The Labute approximate surface area is 357 Å². The average Bonchev–Trinajstić information content (AvgIpc) is 3.90. The van der Waals surface area contributed by atoms with Crippen LogP contribution < -0.4 is 0 Å². The molecule has 0 spiro atoms. The van der Waals surface area contributed by atoms with E-state index in [4.69, 9.17) is 19.4 Å².